The molecule has 1 aliphatic carbocycles. The maximum absolute atomic E-state index is 5.48. The van der Waals surface area contributed by atoms with Crippen LogP contribution in [0.25, 0.3) is 0 Å². The maximum atomic E-state index is 5.48. The molecule has 0 amide bonds. The minimum atomic E-state index is 0.431. The highest BCUT2D eigenvalue weighted by Crippen LogP contribution is 2.38. The van der Waals surface area contributed by atoms with E-state index in [1.54, 1.807) is 7.11 Å². The van der Waals surface area contributed by atoms with Crippen LogP contribution in [0.3, 0.4) is 0 Å². The van der Waals surface area contributed by atoms with Crippen molar-refractivity contribution in [3.05, 3.63) is 23.0 Å². The molecule has 0 aliphatic heterocycles. The van der Waals surface area contributed by atoms with Gasteiger partial charge in [-0.15, -0.1) is 0 Å². The smallest absolute Gasteiger partial charge is 0.128 e. The van der Waals surface area contributed by atoms with Gasteiger partial charge in [-0.05, 0) is 32.9 Å². The van der Waals surface area contributed by atoms with E-state index in [1.807, 2.05) is 24.9 Å². The second kappa shape index (κ2) is 7.50. The van der Waals surface area contributed by atoms with Crippen LogP contribution in [-0.4, -0.2) is 29.6 Å². The van der Waals surface area contributed by atoms with Crippen LogP contribution in [0, 0.1) is 13.8 Å². The molecule has 1 heterocycles. The molecule has 1 aromatic heterocycles. The molecular weight excluding hydrogens is 280 g/mol. The van der Waals surface area contributed by atoms with Crippen LogP contribution in [0.5, 0.6) is 5.75 Å². The van der Waals surface area contributed by atoms with Crippen molar-refractivity contribution >= 4 is 11.8 Å². The number of aromatic nitrogens is 1. The maximum Gasteiger partial charge on any atom is 0.128 e. The summed E-state index contributed by atoms with van der Waals surface area (Å²) in [4.78, 5) is 4.57. The molecule has 2 rings (SSSR count). The zero-order valence-electron chi connectivity index (χ0n) is 13.8. The van der Waals surface area contributed by atoms with Crippen LogP contribution >= 0.6 is 11.8 Å². The molecule has 1 N–H and O–H groups in total. The molecular formula is C17H28N2OS. The first-order valence-electron chi connectivity index (χ1n) is 7.87. The fraction of sp³-hybridized carbons (Fsp3) is 0.706. The molecule has 21 heavy (non-hydrogen) atoms. The number of ether oxygens (including phenoxy) is 1. The van der Waals surface area contributed by atoms with E-state index in [9.17, 15) is 0 Å². The average Bonchev–Trinajstić information content (AvgIpc) is 2.51. The van der Waals surface area contributed by atoms with Crippen molar-refractivity contribution in [2.75, 3.05) is 19.9 Å². The first-order chi connectivity index (χ1) is 10.1. The molecule has 4 heteroatoms. The van der Waals surface area contributed by atoms with Crippen LogP contribution in [0.1, 0.15) is 48.9 Å². The van der Waals surface area contributed by atoms with E-state index in [2.05, 4.69) is 23.5 Å². The molecule has 0 unspecified atom stereocenters. The summed E-state index contributed by atoms with van der Waals surface area (Å²) in [6, 6.07) is 0. The van der Waals surface area contributed by atoms with Gasteiger partial charge >= 0.3 is 0 Å². The van der Waals surface area contributed by atoms with Gasteiger partial charge in [-0.3, -0.25) is 4.98 Å². The van der Waals surface area contributed by atoms with Crippen LogP contribution in [0.2, 0.25) is 0 Å². The van der Waals surface area contributed by atoms with Gasteiger partial charge < -0.3 is 10.1 Å². The first-order valence-corrected chi connectivity index (χ1v) is 9.09. The van der Waals surface area contributed by atoms with Gasteiger partial charge in [0.05, 0.1) is 12.8 Å². The molecule has 1 aromatic rings. The van der Waals surface area contributed by atoms with Crippen molar-refractivity contribution in [3.8, 4) is 5.75 Å². The lowest BCUT2D eigenvalue weighted by Gasteiger charge is -2.36. The van der Waals surface area contributed by atoms with Gasteiger partial charge in [-0.25, -0.2) is 0 Å². The summed E-state index contributed by atoms with van der Waals surface area (Å²) in [5.41, 5.74) is 3.36. The van der Waals surface area contributed by atoms with Gasteiger partial charge in [0.15, 0.2) is 0 Å². The Morgan fingerprint density at radius 3 is 2.62 bits per heavy atom. The number of thioether (sulfide) groups is 1. The Bertz CT molecular complexity index is 470. The molecule has 1 saturated carbocycles. The lowest BCUT2D eigenvalue weighted by atomic mass is 9.88. The van der Waals surface area contributed by atoms with Crippen molar-refractivity contribution in [2.45, 2.75) is 57.2 Å². The molecule has 0 radical (unpaired) electrons. The van der Waals surface area contributed by atoms with Gasteiger partial charge in [0.1, 0.15) is 5.75 Å². The Morgan fingerprint density at radius 1 is 1.29 bits per heavy atom. The molecule has 118 valence electrons. The molecule has 0 atom stereocenters. The summed E-state index contributed by atoms with van der Waals surface area (Å²) < 4.78 is 5.91. The lowest BCUT2D eigenvalue weighted by Crippen LogP contribution is -2.39. The Hall–Kier alpha value is -0.740. The number of hydrogen-bond acceptors (Lipinski definition) is 4. The number of nitrogens with one attached hydrogen (secondary N) is 1. The van der Waals surface area contributed by atoms with E-state index >= 15 is 0 Å². The highest BCUT2D eigenvalue weighted by Gasteiger charge is 2.30. The van der Waals surface area contributed by atoms with Crippen molar-refractivity contribution in [1.29, 1.82) is 0 Å². The van der Waals surface area contributed by atoms with Crippen molar-refractivity contribution in [1.82, 2.24) is 10.3 Å². The van der Waals surface area contributed by atoms with Crippen molar-refractivity contribution in [3.63, 3.8) is 0 Å². The molecule has 0 saturated heterocycles. The summed E-state index contributed by atoms with van der Waals surface area (Å²) in [7, 11) is 1.73. The third-order valence-corrected chi connectivity index (χ3v) is 6.11. The van der Waals surface area contributed by atoms with E-state index in [4.69, 9.17) is 4.74 Å². The Balaban J connectivity index is 1.97. The molecule has 1 fully saturated rings. The minimum absolute atomic E-state index is 0.431. The molecule has 1 aliphatic rings. The SMILES string of the molecule is COc1c(C)cnc(CNCC2(SC)CCCCC2)c1C. The number of methoxy groups -OCH3 is 1. The number of nitrogens with zero attached hydrogens (tertiary/aromatic N) is 1. The van der Waals surface area contributed by atoms with Gasteiger partial charge in [0.2, 0.25) is 0 Å². The zero-order valence-corrected chi connectivity index (χ0v) is 14.6. The Morgan fingerprint density at radius 2 is 2.00 bits per heavy atom. The number of pyridine rings is 1. The third kappa shape index (κ3) is 3.92. The summed E-state index contributed by atoms with van der Waals surface area (Å²) in [6.45, 7) is 6.04. The highest BCUT2D eigenvalue weighted by atomic mass is 32.2. The van der Waals surface area contributed by atoms with E-state index in [0.717, 1.165) is 35.7 Å². The topological polar surface area (TPSA) is 34.1 Å². The second-order valence-corrected chi connectivity index (χ2v) is 7.37. The first kappa shape index (κ1) is 16.6. The highest BCUT2D eigenvalue weighted by molar-refractivity contribution is 8.00. The van der Waals surface area contributed by atoms with Gasteiger partial charge in [0.25, 0.3) is 0 Å². The number of aryl methyl sites for hydroxylation is 1. The van der Waals surface area contributed by atoms with Gasteiger partial charge in [-0.2, -0.15) is 11.8 Å². The average molecular weight is 308 g/mol. The normalized spacial score (nSPS) is 17.7. The van der Waals surface area contributed by atoms with Gasteiger partial charge in [0, 0.05) is 35.2 Å². The Labute approximate surface area is 133 Å². The molecule has 0 aromatic carbocycles. The summed E-state index contributed by atoms with van der Waals surface area (Å²) in [5, 5.41) is 3.64. The molecule has 0 bridgehead atoms. The predicted molar refractivity (Wildman–Crippen MR) is 91.3 cm³/mol. The van der Waals surface area contributed by atoms with Crippen LogP contribution in [0.15, 0.2) is 6.20 Å². The van der Waals surface area contributed by atoms with E-state index in [-0.39, 0.29) is 0 Å². The Kier molecular flexibility index (Phi) is 5.94. The van der Waals surface area contributed by atoms with Crippen LogP contribution < -0.4 is 10.1 Å². The monoisotopic (exact) mass is 308 g/mol. The minimum Gasteiger partial charge on any atom is -0.496 e. The summed E-state index contributed by atoms with van der Waals surface area (Å²) in [5.74, 6) is 0.971. The third-order valence-electron chi connectivity index (χ3n) is 4.69. The van der Waals surface area contributed by atoms with Crippen LogP contribution in [-0.2, 0) is 6.54 Å². The second-order valence-electron chi connectivity index (χ2n) is 6.10. The number of hydrogen-bond donors (Lipinski definition) is 1. The fourth-order valence-corrected chi connectivity index (χ4v) is 4.25. The van der Waals surface area contributed by atoms with E-state index in [0.29, 0.717) is 4.75 Å². The molecule has 3 nitrogen and oxygen atoms in total. The van der Waals surface area contributed by atoms with Crippen molar-refractivity contribution < 1.29 is 4.74 Å². The molecule has 0 spiro atoms. The quantitative estimate of drug-likeness (QED) is 0.865. The predicted octanol–water partition coefficient (Wildman–Crippen LogP) is 3.86. The number of rotatable bonds is 6. The standard InChI is InChI=1S/C17H28N2OS/c1-13-10-19-15(14(2)16(13)20-3)11-18-12-17(21-4)8-6-5-7-9-17/h10,18H,5-9,11-12H2,1-4H3. The van der Waals surface area contributed by atoms with Crippen molar-refractivity contribution in [2.24, 2.45) is 0 Å². The van der Waals surface area contributed by atoms with E-state index < -0.39 is 0 Å². The largest absolute Gasteiger partial charge is 0.496 e. The summed E-state index contributed by atoms with van der Waals surface area (Å²) >= 11 is 2.04. The van der Waals surface area contributed by atoms with E-state index in [1.165, 1.54) is 32.1 Å². The van der Waals surface area contributed by atoms with Gasteiger partial charge in [-0.1, -0.05) is 19.3 Å². The fourth-order valence-electron chi connectivity index (χ4n) is 3.31. The zero-order chi connectivity index (χ0) is 15.3. The lowest BCUT2D eigenvalue weighted by molar-refractivity contribution is 0.378. The van der Waals surface area contributed by atoms with Crippen LogP contribution in [0.4, 0.5) is 0 Å². The summed E-state index contributed by atoms with van der Waals surface area (Å²) in [6.07, 6.45) is 11.0.